The zero-order valence-electron chi connectivity index (χ0n) is 11.8. The predicted molar refractivity (Wildman–Crippen MR) is 82.7 cm³/mol. The first-order chi connectivity index (χ1) is 9.72. The third-order valence-corrected chi connectivity index (χ3v) is 3.42. The van der Waals surface area contributed by atoms with Crippen molar-refractivity contribution < 1.29 is 14.2 Å². The molecule has 1 fully saturated rings. The summed E-state index contributed by atoms with van der Waals surface area (Å²) in [6.45, 7) is 1.56. The molecule has 110 valence electrons. The minimum Gasteiger partial charge on any atom is -0.497 e. The molecule has 20 heavy (non-hydrogen) atoms. The Labute approximate surface area is 124 Å². The lowest BCUT2D eigenvalue weighted by atomic mass is 10.2. The van der Waals surface area contributed by atoms with Gasteiger partial charge in [0.2, 0.25) is 0 Å². The zero-order valence-corrected chi connectivity index (χ0v) is 12.6. The number of ether oxygens (including phenoxy) is 3. The minimum absolute atomic E-state index is 0.252. The Morgan fingerprint density at radius 2 is 2.25 bits per heavy atom. The van der Waals surface area contributed by atoms with E-state index in [2.05, 4.69) is 10.6 Å². The van der Waals surface area contributed by atoms with Gasteiger partial charge in [-0.05, 0) is 37.2 Å². The summed E-state index contributed by atoms with van der Waals surface area (Å²) in [4.78, 5) is 0. The SMILES string of the molecule is COc1ccc(OC)c(NC(=S)NCC2CCCO2)c1. The molecule has 0 aromatic heterocycles. The summed E-state index contributed by atoms with van der Waals surface area (Å²) in [7, 11) is 3.25. The largest absolute Gasteiger partial charge is 0.497 e. The van der Waals surface area contributed by atoms with Crippen LogP contribution >= 0.6 is 12.2 Å². The molecule has 0 radical (unpaired) electrons. The Morgan fingerprint density at radius 1 is 1.40 bits per heavy atom. The fourth-order valence-electron chi connectivity index (χ4n) is 2.09. The van der Waals surface area contributed by atoms with Crippen LogP contribution in [0.25, 0.3) is 0 Å². The second-order valence-electron chi connectivity index (χ2n) is 4.54. The molecule has 0 bridgehead atoms. The van der Waals surface area contributed by atoms with Crippen LogP contribution in [0, 0.1) is 0 Å². The molecule has 1 unspecified atom stereocenters. The fourth-order valence-corrected chi connectivity index (χ4v) is 2.28. The number of rotatable bonds is 5. The first-order valence-corrected chi connectivity index (χ1v) is 7.02. The van der Waals surface area contributed by atoms with E-state index < -0.39 is 0 Å². The third kappa shape index (κ3) is 3.98. The molecule has 6 heteroatoms. The Hall–Kier alpha value is -1.53. The van der Waals surface area contributed by atoms with Gasteiger partial charge in [0, 0.05) is 19.2 Å². The van der Waals surface area contributed by atoms with Gasteiger partial charge in [0.15, 0.2) is 5.11 Å². The van der Waals surface area contributed by atoms with Crippen LogP contribution in [-0.4, -0.2) is 38.6 Å². The fraction of sp³-hybridized carbons (Fsp3) is 0.500. The van der Waals surface area contributed by atoms with Gasteiger partial charge in [-0.25, -0.2) is 0 Å². The van der Waals surface area contributed by atoms with Gasteiger partial charge >= 0.3 is 0 Å². The molecule has 1 aliphatic heterocycles. The standard InChI is InChI=1S/C14H20N2O3S/c1-17-10-5-6-13(18-2)12(8-10)16-14(20)15-9-11-4-3-7-19-11/h5-6,8,11H,3-4,7,9H2,1-2H3,(H2,15,16,20). The Morgan fingerprint density at radius 3 is 2.90 bits per heavy atom. The molecule has 2 N–H and O–H groups in total. The summed E-state index contributed by atoms with van der Waals surface area (Å²) in [5, 5.41) is 6.83. The van der Waals surface area contributed by atoms with Gasteiger partial charge in [-0.1, -0.05) is 0 Å². The van der Waals surface area contributed by atoms with Crippen molar-refractivity contribution >= 4 is 23.0 Å². The lowest BCUT2D eigenvalue weighted by Crippen LogP contribution is -2.34. The summed E-state index contributed by atoms with van der Waals surface area (Å²) in [6, 6.07) is 5.52. The number of benzene rings is 1. The van der Waals surface area contributed by atoms with Crippen LogP contribution in [0.15, 0.2) is 18.2 Å². The Kier molecular flexibility index (Phi) is 5.43. The van der Waals surface area contributed by atoms with E-state index >= 15 is 0 Å². The highest BCUT2D eigenvalue weighted by atomic mass is 32.1. The third-order valence-electron chi connectivity index (χ3n) is 3.17. The smallest absolute Gasteiger partial charge is 0.170 e. The quantitative estimate of drug-likeness (QED) is 0.812. The molecule has 1 saturated heterocycles. The highest BCUT2D eigenvalue weighted by Gasteiger charge is 2.15. The second-order valence-corrected chi connectivity index (χ2v) is 4.94. The molecular formula is C14H20N2O3S. The summed E-state index contributed by atoms with van der Waals surface area (Å²) in [6.07, 6.45) is 2.45. The average Bonchev–Trinajstić information content (AvgIpc) is 2.98. The van der Waals surface area contributed by atoms with Crippen molar-refractivity contribution in [2.75, 3.05) is 32.7 Å². The summed E-state index contributed by atoms with van der Waals surface area (Å²) < 4.78 is 16.0. The number of thiocarbonyl (C=S) groups is 1. The van der Waals surface area contributed by atoms with Crippen LogP contribution in [-0.2, 0) is 4.74 Å². The maximum absolute atomic E-state index is 5.54. The van der Waals surface area contributed by atoms with Gasteiger partial charge in [0.1, 0.15) is 11.5 Å². The van der Waals surface area contributed by atoms with Crippen molar-refractivity contribution in [2.45, 2.75) is 18.9 Å². The van der Waals surface area contributed by atoms with E-state index in [-0.39, 0.29) is 6.10 Å². The van der Waals surface area contributed by atoms with Crippen molar-refractivity contribution in [3.8, 4) is 11.5 Å². The molecule has 0 aliphatic carbocycles. The van der Waals surface area contributed by atoms with Crippen LogP contribution in [0.2, 0.25) is 0 Å². The second kappa shape index (κ2) is 7.31. The maximum atomic E-state index is 5.54. The van der Waals surface area contributed by atoms with Crippen molar-refractivity contribution in [1.82, 2.24) is 5.32 Å². The van der Waals surface area contributed by atoms with Crippen LogP contribution in [0.5, 0.6) is 11.5 Å². The van der Waals surface area contributed by atoms with E-state index in [1.165, 1.54) is 0 Å². The molecule has 1 aromatic carbocycles. The minimum atomic E-state index is 0.252. The molecule has 0 spiro atoms. The van der Waals surface area contributed by atoms with Crippen LogP contribution in [0.3, 0.4) is 0 Å². The monoisotopic (exact) mass is 296 g/mol. The van der Waals surface area contributed by atoms with Gasteiger partial charge in [-0.2, -0.15) is 0 Å². The average molecular weight is 296 g/mol. The molecule has 1 heterocycles. The van der Waals surface area contributed by atoms with Crippen molar-refractivity contribution in [3.63, 3.8) is 0 Å². The predicted octanol–water partition coefficient (Wildman–Crippen LogP) is 2.17. The lowest BCUT2D eigenvalue weighted by molar-refractivity contribution is 0.114. The topological polar surface area (TPSA) is 51.8 Å². The number of hydrogen-bond donors (Lipinski definition) is 2. The summed E-state index contributed by atoms with van der Waals surface area (Å²) >= 11 is 5.28. The van der Waals surface area contributed by atoms with Crippen molar-refractivity contribution in [1.29, 1.82) is 0 Å². The highest BCUT2D eigenvalue weighted by molar-refractivity contribution is 7.80. The highest BCUT2D eigenvalue weighted by Crippen LogP contribution is 2.28. The first kappa shape index (κ1) is 14.9. The van der Waals surface area contributed by atoms with E-state index in [4.69, 9.17) is 26.4 Å². The molecule has 5 nitrogen and oxygen atoms in total. The first-order valence-electron chi connectivity index (χ1n) is 6.61. The lowest BCUT2D eigenvalue weighted by Gasteiger charge is -2.16. The molecule has 1 aliphatic rings. The summed E-state index contributed by atoms with van der Waals surface area (Å²) in [5.41, 5.74) is 0.775. The zero-order chi connectivity index (χ0) is 14.4. The van der Waals surface area contributed by atoms with Crippen LogP contribution in [0.4, 0.5) is 5.69 Å². The van der Waals surface area contributed by atoms with Gasteiger partial charge in [0.05, 0.1) is 26.0 Å². The number of hydrogen-bond acceptors (Lipinski definition) is 4. The van der Waals surface area contributed by atoms with Crippen molar-refractivity contribution in [3.05, 3.63) is 18.2 Å². The molecular weight excluding hydrogens is 276 g/mol. The van der Waals surface area contributed by atoms with E-state index in [9.17, 15) is 0 Å². The maximum Gasteiger partial charge on any atom is 0.170 e. The van der Waals surface area contributed by atoms with E-state index in [0.29, 0.717) is 10.9 Å². The molecule has 0 amide bonds. The van der Waals surface area contributed by atoms with E-state index in [0.717, 1.165) is 37.4 Å². The number of methoxy groups -OCH3 is 2. The van der Waals surface area contributed by atoms with Crippen molar-refractivity contribution in [2.24, 2.45) is 0 Å². The van der Waals surface area contributed by atoms with Gasteiger partial charge in [0.25, 0.3) is 0 Å². The van der Waals surface area contributed by atoms with Gasteiger partial charge in [-0.3, -0.25) is 0 Å². The van der Waals surface area contributed by atoms with Crippen LogP contribution in [0.1, 0.15) is 12.8 Å². The number of anilines is 1. The normalized spacial score (nSPS) is 17.6. The molecule has 0 saturated carbocycles. The molecule has 1 atom stereocenters. The number of nitrogens with one attached hydrogen (secondary N) is 2. The molecule has 2 rings (SSSR count). The van der Waals surface area contributed by atoms with E-state index in [1.807, 2.05) is 18.2 Å². The van der Waals surface area contributed by atoms with Gasteiger partial charge < -0.3 is 24.8 Å². The Bertz CT molecular complexity index is 462. The van der Waals surface area contributed by atoms with E-state index in [1.54, 1.807) is 14.2 Å². The Balaban J connectivity index is 1.91. The van der Waals surface area contributed by atoms with Gasteiger partial charge in [-0.15, -0.1) is 0 Å². The van der Waals surface area contributed by atoms with Crippen LogP contribution < -0.4 is 20.1 Å². The summed E-state index contributed by atoms with van der Waals surface area (Å²) in [5.74, 6) is 1.46. The molecule has 1 aromatic rings.